The van der Waals surface area contributed by atoms with Crippen LogP contribution < -0.4 is 5.73 Å². The van der Waals surface area contributed by atoms with E-state index < -0.39 is 5.54 Å². The van der Waals surface area contributed by atoms with Gasteiger partial charge in [-0.15, -0.1) is 0 Å². The zero-order chi connectivity index (χ0) is 9.19. The van der Waals surface area contributed by atoms with Crippen LogP contribution >= 0.6 is 15.9 Å². The van der Waals surface area contributed by atoms with Crippen molar-refractivity contribution in [2.45, 2.75) is 12.5 Å². The van der Waals surface area contributed by atoms with Gasteiger partial charge in [-0.1, -0.05) is 0 Å². The molecule has 1 unspecified atom stereocenters. The maximum absolute atomic E-state index is 8.90. The molecule has 1 heterocycles. The summed E-state index contributed by atoms with van der Waals surface area (Å²) in [5.74, 6) is 0.438. The molecule has 5 heteroatoms. The third-order valence-corrected chi connectivity index (χ3v) is 1.87. The number of hydrogen-bond acceptors (Lipinski definition) is 4. The molecule has 0 aromatic carbocycles. The maximum Gasteiger partial charge on any atom is 0.150 e. The lowest BCUT2D eigenvalue weighted by atomic mass is 10.1. The van der Waals surface area contributed by atoms with E-state index >= 15 is 0 Å². The fourth-order valence-corrected chi connectivity index (χ4v) is 0.883. The first kappa shape index (κ1) is 9.57. The third-order valence-electron chi connectivity index (χ3n) is 1.46. The Kier molecular flexibility index (Phi) is 2.76. The van der Waals surface area contributed by atoms with E-state index in [1.165, 1.54) is 0 Å². The summed E-state index contributed by atoms with van der Waals surface area (Å²) in [6.45, 7) is 1.50. The summed E-state index contributed by atoms with van der Waals surface area (Å²) in [5, 5.41) is 8.90. The summed E-state index contributed by atoms with van der Waals surface area (Å²) in [6, 6.07) is 0. The van der Waals surface area contributed by atoms with Crippen LogP contribution in [0.25, 0.3) is 0 Å². The van der Waals surface area contributed by atoms with Crippen molar-refractivity contribution in [2.24, 2.45) is 5.73 Å². The quantitative estimate of drug-likeness (QED) is 0.774. The molecule has 0 aliphatic heterocycles. The van der Waals surface area contributed by atoms with Gasteiger partial charge >= 0.3 is 0 Å². The molecule has 0 saturated heterocycles. The van der Waals surface area contributed by atoms with Crippen LogP contribution in [0.4, 0.5) is 0 Å². The van der Waals surface area contributed by atoms with Crippen molar-refractivity contribution in [3.63, 3.8) is 0 Å². The van der Waals surface area contributed by atoms with Crippen LogP contribution in [0.15, 0.2) is 16.9 Å². The van der Waals surface area contributed by atoms with Crippen molar-refractivity contribution >= 4 is 15.9 Å². The Morgan fingerprint density at radius 1 is 1.58 bits per heavy atom. The molecule has 1 atom stereocenters. The highest BCUT2D eigenvalue weighted by molar-refractivity contribution is 9.10. The van der Waals surface area contributed by atoms with Gasteiger partial charge in [0.05, 0.1) is 16.6 Å². The number of nitrogens with zero attached hydrogens (tertiary/aromatic N) is 2. The molecule has 1 aromatic heterocycles. The van der Waals surface area contributed by atoms with Crippen LogP contribution in [0.2, 0.25) is 0 Å². The summed E-state index contributed by atoms with van der Waals surface area (Å²) >= 11 is 3.21. The molecule has 12 heavy (non-hydrogen) atoms. The van der Waals surface area contributed by atoms with Crippen molar-refractivity contribution in [3.8, 4) is 0 Å². The van der Waals surface area contributed by atoms with E-state index in [4.69, 9.17) is 10.8 Å². The minimum Gasteiger partial charge on any atom is -0.394 e. The van der Waals surface area contributed by atoms with Crippen LogP contribution in [-0.4, -0.2) is 21.7 Å². The number of halogens is 1. The SMILES string of the molecule is CC(N)(CO)c1ncc(Br)cn1. The number of rotatable bonds is 2. The second-order valence-electron chi connectivity index (χ2n) is 2.80. The van der Waals surface area contributed by atoms with Crippen LogP contribution in [0, 0.1) is 0 Å². The van der Waals surface area contributed by atoms with Crippen molar-refractivity contribution in [3.05, 3.63) is 22.7 Å². The highest BCUT2D eigenvalue weighted by Gasteiger charge is 2.22. The molecule has 3 N–H and O–H groups in total. The highest BCUT2D eigenvalue weighted by Crippen LogP contribution is 2.13. The lowest BCUT2D eigenvalue weighted by molar-refractivity contribution is 0.203. The molecule has 0 fully saturated rings. The fourth-order valence-electron chi connectivity index (χ4n) is 0.678. The summed E-state index contributed by atoms with van der Waals surface area (Å²) in [4.78, 5) is 7.96. The molecule has 0 aliphatic carbocycles. The molecule has 0 bridgehead atoms. The van der Waals surface area contributed by atoms with Crippen molar-refractivity contribution in [1.82, 2.24) is 9.97 Å². The molecule has 66 valence electrons. The average molecular weight is 232 g/mol. The predicted molar refractivity (Wildman–Crippen MR) is 48.4 cm³/mol. The Morgan fingerprint density at radius 3 is 2.50 bits per heavy atom. The van der Waals surface area contributed by atoms with E-state index in [1.807, 2.05) is 0 Å². The van der Waals surface area contributed by atoms with Gasteiger partial charge in [-0.05, 0) is 22.9 Å². The minimum atomic E-state index is -0.860. The zero-order valence-electron chi connectivity index (χ0n) is 6.66. The Morgan fingerprint density at radius 2 is 2.08 bits per heavy atom. The third kappa shape index (κ3) is 2.00. The summed E-state index contributed by atoms with van der Waals surface area (Å²) in [5.41, 5.74) is 4.84. The van der Waals surface area contributed by atoms with Gasteiger partial charge in [0, 0.05) is 12.4 Å². The molecule has 0 amide bonds. The van der Waals surface area contributed by atoms with Gasteiger partial charge in [0.1, 0.15) is 5.82 Å². The number of aliphatic hydroxyl groups is 1. The molecular formula is C7H10BrN3O. The molecule has 0 saturated carbocycles. The van der Waals surface area contributed by atoms with Gasteiger partial charge in [-0.3, -0.25) is 0 Å². The summed E-state index contributed by atoms with van der Waals surface area (Å²) in [7, 11) is 0. The topological polar surface area (TPSA) is 72.0 Å². The van der Waals surface area contributed by atoms with Crippen LogP contribution in [0.1, 0.15) is 12.7 Å². The molecule has 0 aliphatic rings. The molecular weight excluding hydrogens is 222 g/mol. The second-order valence-corrected chi connectivity index (χ2v) is 3.72. The summed E-state index contributed by atoms with van der Waals surface area (Å²) in [6.07, 6.45) is 3.20. The van der Waals surface area contributed by atoms with Crippen LogP contribution in [0.3, 0.4) is 0 Å². The zero-order valence-corrected chi connectivity index (χ0v) is 8.24. The fraction of sp³-hybridized carbons (Fsp3) is 0.429. The molecule has 1 aromatic rings. The normalized spacial score (nSPS) is 15.7. The monoisotopic (exact) mass is 231 g/mol. The van der Waals surface area contributed by atoms with Crippen LogP contribution in [-0.2, 0) is 5.54 Å². The molecule has 1 rings (SSSR count). The van der Waals surface area contributed by atoms with E-state index in [-0.39, 0.29) is 6.61 Å². The highest BCUT2D eigenvalue weighted by atomic mass is 79.9. The van der Waals surface area contributed by atoms with Gasteiger partial charge in [0.25, 0.3) is 0 Å². The van der Waals surface area contributed by atoms with Gasteiger partial charge in [-0.2, -0.15) is 0 Å². The van der Waals surface area contributed by atoms with Gasteiger partial charge in [-0.25, -0.2) is 9.97 Å². The van der Waals surface area contributed by atoms with Crippen LogP contribution in [0.5, 0.6) is 0 Å². The Bertz CT molecular complexity index is 260. The van der Waals surface area contributed by atoms with E-state index in [1.54, 1.807) is 19.3 Å². The number of aromatic nitrogens is 2. The molecule has 0 spiro atoms. The van der Waals surface area contributed by atoms with Gasteiger partial charge in [0.2, 0.25) is 0 Å². The lowest BCUT2D eigenvalue weighted by Crippen LogP contribution is -2.38. The standard InChI is InChI=1S/C7H10BrN3O/c1-7(9,4-12)6-10-2-5(8)3-11-6/h2-3,12H,4,9H2,1H3. The van der Waals surface area contributed by atoms with Gasteiger partial charge < -0.3 is 10.8 Å². The molecule has 4 nitrogen and oxygen atoms in total. The van der Waals surface area contributed by atoms with Crippen molar-refractivity contribution in [2.75, 3.05) is 6.61 Å². The minimum absolute atomic E-state index is 0.172. The first-order valence-electron chi connectivity index (χ1n) is 3.44. The lowest BCUT2D eigenvalue weighted by Gasteiger charge is -2.18. The van der Waals surface area contributed by atoms with Crippen molar-refractivity contribution < 1.29 is 5.11 Å². The number of hydrogen-bond donors (Lipinski definition) is 2. The second kappa shape index (κ2) is 3.47. The Balaban J connectivity index is 2.96. The van der Waals surface area contributed by atoms with E-state index in [2.05, 4.69) is 25.9 Å². The smallest absolute Gasteiger partial charge is 0.150 e. The first-order valence-corrected chi connectivity index (χ1v) is 4.23. The van der Waals surface area contributed by atoms with E-state index in [0.29, 0.717) is 5.82 Å². The Labute approximate surface area is 79.0 Å². The Hall–Kier alpha value is -0.520. The average Bonchev–Trinajstić information content (AvgIpc) is 2.05. The summed E-state index contributed by atoms with van der Waals surface area (Å²) < 4.78 is 0.792. The van der Waals surface area contributed by atoms with Crippen molar-refractivity contribution in [1.29, 1.82) is 0 Å². The maximum atomic E-state index is 8.90. The van der Waals surface area contributed by atoms with E-state index in [0.717, 1.165) is 4.47 Å². The van der Waals surface area contributed by atoms with Gasteiger partial charge in [0.15, 0.2) is 0 Å². The largest absolute Gasteiger partial charge is 0.394 e. The first-order chi connectivity index (χ1) is 5.56. The van der Waals surface area contributed by atoms with E-state index in [9.17, 15) is 0 Å². The molecule has 0 radical (unpaired) electrons. The number of aliphatic hydroxyl groups excluding tert-OH is 1. The number of nitrogens with two attached hydrogens (primary N) is 1. The predicted octanol–water partition coefficient (Wildman–Crippen LogP) is 0.405.